The molecule has 0 spiro atoms. The van der Waals surface area contributed by atoms with Crippen LogP contribution in [-0.4, -0.2) is 11.7 Å². The zero-order chi connectivity index (χ0) is 11.5. The third kappa shape index (κ3) is 2.58. The quantitative estimate of drug-likeness (QED) is 0.795. The first-order valence-corrected chi connectivity index (χ1v) is 5.53. The van der Waals surface area contributed by atoms with Crippen molar-refractivity contribution >= 4 is 0 Å². The molecule has 0 bridgehead atoms. The van der Waals surface area contributed by atoms with Crippen molar-refractivity contribution < 1.29 is 5.11 Å². The lowest BCUT2D eigenvalue weighted by atomic mass is 9.85. The van der Waals surface area contributed by atoms with Gasteiger partial charge in [-0.3, -0.25) is 0 Å². The van der Waals surface area contributed by atoms with E-state index in [0.29, 0.717) is 6.42 Å². The standard InChI is InChI=1S/C13H21NO/c1-4-7-13(15,9-14)12-8-10(2)5-6-11(12)3/h5-6,8,15H,4,7,9,14H2,1-3H3. The van der Waals surface area contributed by atoms with E-state index in [0.717, 1.165) is 17.5 Å². The Bertz CT molecular complexity index is 335. The van der Waals surface area contributed by atoms with Crippen LogP contribution in [0.25, 0.3) is 0 Å². The highest BCUT2D eigenvalue weighted by atomic mass is 16.3. The van der Waals surface area contributed by atoms with Crippen molar-refractivity contribution in [2.75, 3.05) is 6.54 Å². The van der Waals surface area contributed by atoms with E-state index in [9.17, 15) is 5.11 Å². The van der Waals surface area contributed by atoms with Crippen molar-refractivity contribution in [3.8, 4) is 0 Å². The molecule has 0 heterocycles. The molecule has 0 aliphatic carbocycles. The summed E-state index contributed by atoms with van der Waals surface area (Å²) in [5.41, 5.74) is 8.09. The number of hydrogen-bond acceptors (Lipinski definition) is 2. The molecule has 1 aromatic carbocycles. The second-order valence-corrected chi connectivity index (χ2v) is 4.30. The van der Waals surface area contributed by atoms with Crippen LogP contribution in [0.5, 0.6) is 0 Å². The smallest absolute Gasteiger partial charge is 0.102 e. The Labute approximate surface area is 92.1 Å². The van der Waals surface area contributed by atoms with Crippen LogP contribution in [0.1, 0.15) is 36.5 Å². The van der Waals surface area contributed by atoms with Gasteiger partial charge in [0.25, 0.3) is 0 Å². The summed E-state index contributed by atoms with van der Waals surface area (Å²) in [7, 11) is 0. The van der Waals surface area contributed by atoms with Crippen LogP contribution in [0.15, 0.2) is 18.2 Å². The van der Waals surface area contributed by atoms with Crippen LogP contribution < -0.4 is 5.73 Å². The van der Waals surface area contributed by atoms with Gasteiger partial charge in [0.2, 0.25) is 0 Å². The van der Waals surface area contributed by atoms with Crippen molar-refractivity contribution in [2.45, 2.75) is 39.2 Å². The van der Waals surface area contributed by atoms with Crippen molar-refractivity contribution in [3.63, 3.8) is 0 Å². The Morgan fingerprint density at radius 3 is 2.53 bits per heavy atom. The molecule has 0 aliphatic heterocycles. The van der Waals surface area contributed by atoms with Crippen molar-refractivity contribution in [3.05, 3.63) is 34.9 Å². The maximum absolute atomic E-state index is 10.5. The van der Waals surface area contributed by atoms with E-state index in [1.807, 2.05) is 26.0 Å². The summed E-state index contributed by atoms with van der Waals surface area (Å²) in [6.45, 7) is 6.40. The molecule has 1 atom stereocenters. The zero-order valence-corrected chi connectivity index (χ0v) is 9.88. The fourth-order valence-corrected chi connectivity index (χ4v) is 2.00. The van der Waals surface area contributed by atoms with Gasteiger partial charge >= 0.3 is 0 Å². The van der Waals surface area contributed by atoms with Crippen LogP contribution in [0.2, 0.25) is 0 Å². The van der Waals surface area contributed by atoms with Crippen LogP contribution >= 0.6 is 0 Å². The topological polar surface area (TPSA) is 46.2 Å². The van der Waals surface area contributed by atoms with Gasteiger partial charge in [-0.05, 0) is 31.4 Å². The Hall–Kier alpha value is -0.860. The molecule has 0 aromatic heterocycles. The fourth-order valence-electron chi connectivity index (χ4n) is 2.00. The number of benzene rings is 1. The van der Waals surface area contributed by atoms with Gasteiger partial charge in [0.1, 0.15) is 5.60 Å². The Morgan fingerprint density at radius 2 is 2.00 bits per heavy atom. The van der Waals surface area contributed by atoms with Gasteiger partial charge in [-0.25, -0.2) is 0 Å². The number of nitrogens with two attached hydrogens (primary N) is 1. The molecule has 1 rings (SSSR count). The molecular formula is C13H21NO. The summed E-state index contributed by atoms with van der Waals surface area (Å²) in [5.74, 6) is 0. The maximum atomic E-state index is 10.5. The van der Waals surface area contributed by atoms with Crippen LogP contribution in [-0.2, 0) is 5.60 Å². The van der Waals surface area contributed by atoms with E-state index >= 15 is 0 Å². The molecule has 2 nitrogen and oxygen atoms in total. The first-order valence-electron chi connectivity index (χ1n) is 5.53. The molecule has 1 aromatic rings. The molecule has 0 aliphatic rings. The average molecular weight is 207 g/mol. The molecule has 1 unspecified atom stereocenters. The number of rotatable bonds is 4. The van der Waals surface area contributed by atoms with Crippen LogP contribution in [0, 0.1) is 13.8 Å². The minimum atomic E-state index is -0.856. The third-order valence-corrected chi connectivity index (χ3v) is 2.90. The van der Waals surface area contributed by atoms with Crippen molar-refractivity contribution in [2.24, 2.45) is 5.73 Å². The summed E-state index contributed by atoms with van der Waals surface area (Å²) >= 11 is 0. The minimum absolute atomic E-state index is 0.283. The highest BCUT2D eigenvalue weighted by molar-refractivity contribution is 5.35. The molecule has 84 valence electrons. The summed E-state index contributed by atoms with van der Waals surface area (Å²) in [5, 5.41) is 10.5. The summed E-state index contributed by atoms with van der Waals surface area (Å²) < 4.78 is 0. The van der Waals surface area contributed by atoms with E-state index < -0.39 is 5.60 Å². The minimum Gasteiger partial charge on any atom is -0.384 e. The summed E-state index contributed by atoms with van der Waals surface area (Å²) in [4.78, 5) is 0. The first kappa shape index (κ1) is 12.2. The van der Waals surface area contributed by atoms with Gasteiger partial charge in [-0.15, -0.1) is 0 Å². The normalized spacial score (nSPS) is 15.0. The van der Waals surface area contributed by atoms with E-state index in [2.05, 4.69) is 13.0 Å². The van der Waals surface area contributed by atoms with Gasteiger partial charge in [0.05, 0.1) is 0 Å². The highest BCUT2D eigenvalue weighted by Crippen LogP contribution is 2.28. The number of hydrogen-bond donors (Lipinski definition) is 2. The number of aliphatic hydroxyl groups is 1. The molecule has 0 saturated heterocycles. The third-order valence-electron chi connectivity index (χ3n) is 2.90. The molecule has 15 heavy (non-hydrogen) atoms. The second-order valence-electron chi connectivity index (χ2n) is 4.30. The fraction of sp³-hybridized carbons (Fsp3) is 0.538. The Kier molecular flexibility index (Phi) is 3.89. The molecule has 0 saturated carbocycles. The van der Waals surface area contributed by atoms with Gasteiger partial charge in [-0.2, -0.15) is 0 Å². The predicted octanol–water partition coefficient (Wildman–Crippen LogP) is 2.25. The summed E-state index contributed by atoms with van der Waals surface area (Å²) in [6.07, 6.45) is 1.65. The Morgan fingerprint density at radius 1 is 1.33 bits per heavy atom. The maximum Gasteiger partial charge on any atom is 0.102 e. The van der Waals surface area contributed by atoms with E-state index in [4.69, 9.17) is 5.73 Å². The van der Waals surface area contributed by atoms with Gasteiger partial charge in [0, 0.05) is 6.54 Å². The van der Waals surface area contributed by atoms with Gasteiger partial charge in [-0.1, -0.05) is 37.1 Å². The first-order chi connectivity index (χ1) is 7.03. The van der Waals surface area contributed by atoms with Crippen LogP contribution in [0.3, 0.4) is 0 Å². The second kappa shape index (κ2) is 4.77. The monoisotopic (exact) mass is 207 g/mol. The Balaban J connectivity index is 3.16. The lowest BCUT2D eigenvalue weighted by Gasteiger charge is -2.28. The molecule has 2 heteroatoms. The van der Waals surface area contributed by atoms with Crippen molar-refractivity contribution in [1.82, 2.24) is 0 Å². The SMILES string of the molecule is CCCC(O)(CN)c1cc(C)ccc1C. The predicted molar refractivity (Wildman–Crippen MR) is 63.8 cm³/mol. The number of aryl methyl sites for hydroxylation is 2. The summed E-state index contributed by atoms with van der Waals surface area (Å²) in [6, 6.07) is 6.14. The lowest BCUT2D eigenvalue weighted by Crippen LogP contribution is -2.35. The van der Waals surface area contributed by atoms with E-state index in [1.165, 1.54) is 5.56 Å². The molecule has 0 radical (unpaired) electrons. The van der Waals surface area contributed by atoms with E-state index in [-0.39, 0.29) is 6.54 Å². The average Bonchev–Trinajstić information content (AvgIpc) is 2.22. The largest absolute Gasteiger partial charge is 0.384 e. The van der Waals surface area contributed by atoms with Crippen molar-refractivity contribution in [1.29, 1.82) is 0 Å². The van der Waals surface area contributed by atoms with Gasteiger partial charge in [0.15, 0.2) is 0 Å². The molecule has 3 N–H and O–H groups in total. The van der Waals surface area contributed by atoms with Gasteiger partial charge < -0.3 is 10.8 Å². The molecular weight excluding hydrogens is 186 g/mol. The molecule has 0 fully saturated rings. The zero-order valence-electron chi connectivity index (χ0n) is 9.88. The highest BCUT2D eigenvalue weighted by Gasteiger charge is 2.27. The van der Waals surface area contributed by atoms with E-state index in [1.54, 1.807) is 0 Å². The molecule has 0 amide bonds. The lowest BCUT2D eigenvalue weighted by molar-refractivity contribution is 0.0353. The van der Waals surface area contributed by atoms with Crippen LogP contribution in [0.4, 0.5) is 0 Å².